The zero-order valence-corrected chi connectivity index (χ0v) is 10.6. The van der Waals surface area contributed by atoms with Crippen LogP contribution in [0.15, 0.2) is 5.38 Å². The Morgan fingerprint density at radius 3 is 2.89 bits per heavy atom. The van der Waals surface area contributed by atoms with Gasteiger partial charge in [0.15, 0.2) is 0 Å². The van der Waals surface area contributed by atoms with Crippen LogP contribution in [-0.4, -0.2) is 34.6 Å². The van der Waals surface area contributed by atoms with E-state index in [2.05, 4.69) is 10.3 Å². The van der Waals surface area contributed by atoms with E-state index in [4.69, 9.17) is 10.8 Å². The van der Waals surface area contributed by atoms with Crippen LogP contribution in [0.1, 0.15) is 28.3 Å². The normalized spacial score (nSPS) is 16.3. The van der Waals surface area contributed by atoms with Gasteiger partial charge >= 0.3 is 5.97 Å². The molecular weight excluding hydrogens is 254 g/mol. The standard InChI is InChI=1S/C11H15N3O3S/c12-4-3-8-13-7(5-18-8)10(15)14-9(11(16)17)6-1-2-6/h5-6,9H,1-4,12H2,(H,14,15)(H,16,17). The fourth-order valence-corrected chi connectivity index (χ4v) is 2.47. The number of nitrogens with two attached hydrogens (primary N) is 1. The lowest BCUT2D eigenvalue weighted by Gasteiger charge is -2.12. The van der Waals surface area contributed by atoms with Crippen molar-refractivity contribution in [2.45, 2.75) is 25.3 Å². The molecule has 1 aromatic heterocycles. The molecule has 1 unspecified atom stereocenters. The number of hydrogen-bond donors (Lipinski definition) is 3. The molecule has 4 N–H and O–H groups in total. The number of aliphatic carboxylic acids is 1. The van der Waals surface area contributed by atoms with Crippen LogP contribution in [0.2, 0.25) is 0 Å². The second kappa shape index (κ2) is 5.45. The van der Waals surface area contributed by atoms with Crippen molar-refractivity contribution in [2.24, 2.45) is 11.7 Å². The number of thiazole rings is 1. The second-order valence-electron chi connectivity index (χ2n) is 4.29. The number of carboxylic acid groups (broad SMARTS) is 1. The van der Waals surface area contributed by atoms with E-state index in [1.807, 2.05) is 0 Å². The maximum Gasteiger partial charge on any atom is 0.326 e. The number of nitrogens with zero attached hydrogens (tertiary/aromatic N) is 1. The monoisotopic (exact) mass is 269 g/mol. The van der Waals surface area contributed by atoms with Crippen molar-refractivity contribution in [3.8, 4) is 0 Å². The highest BCUT2D eigenvalue weighted by Crippen LogP contribution is 2.32. The summed E-state index contributed by atoms with van der Waals surface area (Å²) in [6.45, 7) is 0.481. The molecule has 7 heteroatoms. The molecule has 0 spiro atoms. The van der Waals surface area contributed by atoms with Crippen molar-refractivity contribution >= 4 is 23.2 Å². The minimum atomic E-state index is -0.983. The maximum atomic E-state index is 11.8. The summed E-state index contributed by atoms with van der Waals surface area (Å²) in [4.78, 5) is 27.0. The van der Waals surface area contributed by atoms with Gasteiger partial charge in [-0.25, -0.2) is 9.78 Å². The third-order valence-corrected chi connectivity index (χ3v) is 3.70. The summed E-state index contributed by atoms with van der Waals surface area (Å²) < 4.78 is 0. The zero-order valence-electron chi connectivity index (χ0n) is 9.76. The summed E-state index contributed by atoms with van der Waals surface area (Å²) >= 11 is 1.36. The van der Waals surface area contributed by atoms with Crippen LogP contribution in [-0.2, 0) is 11.2 Å². The van der Waals surface area contributed by atoms with Gasteiger partial charge in [0.25, 0.3) is 5.91 Å². The molecule has 1 saturated carbocycles. The number of carboxylic acids is 1. The molecule has 1 aliphatic rings. The number of rotatable bonds is 6. The fourth-order valence-electron chi connectivity index (χ4n) is 1.68. The van der Waals surface area contributed by atoms with Gasteiger partial charge in [-0.15, -0.1) is 11.3 Å². The van der Waals surface area contributed by atoms with Gasteiger partial charge in [-0.1, -0.05) is 0 Å². The van der Waals surface area contributed by atoms with E-state index in [-0.39, 0.29) is 11.6 Å². The van der Waals surface area contributed by atoms with E-state index in [1.54, 1.807) is 5.38 Å². The smallest absolute Gasteiger partial charge is 0.326 e. The average Bonchev–Trinajstić information content (AvgIpc) is 3.05. The molecule has 1 aliphatic carbocycles. The van der Waals surface area contributed by atoms with Crippen molar-refractivity contribution in [2.75, 3.05) is 6.54 Å². The van der Waals surface area contributed by atoms with Crippen LogP contribution in [0.25, 0.3) is 0 Å². The predicted octanol–water partition coefficient (Wildman–Crippen LogP) is 0.237. The molecule has 2 rings (SSSR count). The van der Waals surface area contributed by atoms with Gasteiger partial charge in [0, 0.05) is 11.8 Å². The van der Waals surface area contributed by atoms with Gasteiger partial charge in [0.1, 0.15) is 11.7 Å². The predicted molar refractivity (Wildman–Crippen MR) is 66.5 cm³/mol. The zero-order chi connectivity index (χ0) is 13.1. The summed E-state index contributed by atoms with van der Waals surface area (Å²) in [5.74, 6) is -1.34. The third-order valence-electron chi connectivity index (χ3n) is 2.79. The van der Waals surface area contributed by atoms with E-state index in [0.29, 0.717) is 13.0 Å². The van der Waals surface area contributed by atoms with Crippen LogP contribution >= 0.6 is 11.3 Å². The Hall–Kier alpha value is -1.47. The number of amides is 1. The Kier molecular flexibility index (Phi) is 3.93. The maximum absolute atomic E-state index is 11.8. The number of nitrogens with one attached hydrogen (secondary N) is 1. The molecule has 98 valence electrons. The second-order valence-corrected chi connectivity index (χ2v) is 5.23. The first kappa shape index (κ1) is 13.0. The quantitative estimate of drug-likeness (QED) is 0.686. The molecule has 0 aliphatic heterocycles. The lowest BCUT2D eigenvalue weighted by molar-refractivity contribution is -0.139. The Morgan fingerprint density at radius 2 is 2.33 bits per heavy atom. The van der Waals surface area contributed by atoms with E-state index >= 15 is 0 Å². The van der Waals surface area contributed by atoms with Crippen molar-refractivity contribution in [3.05, 3.63) is 16.1 Å². The molecule has 1 heterocycles. The van der Waals surface area contributed by atoms with Crippen molar-refractivity contribution < 1.29 is 14.7 Å². The third kappa shape index (κ3) is 3.05. The fraction of sp³-hybridized carbons (Fsp3) is 0.545. The van der Waals surface area contributed by atoms with Gasteiger partial charge in [0.05, 0.1) is 5.01 Å². The number of carbonyl (C=O) groups is 2. The molecule has 0 aromatic carbocycles. The topological polar surface area (TPSA) is 105 Å². The molecule has 1 aromatic rings. The summed E-state index contributed by atoms with van der Waals surface area (Å²) in [6.07, 6.45) is 2.34. The first-order chi connectivity index (χ1) is 8.61. The van der Waals surface area contributed by atoms with Gasteiger partial charge in [-0.05, 0) is 25.3 Å². The number of hydrogen-bond acceptors (Lipinski definition) is 5. The van der Waals surface area contributed by atoms with Crippen LogP contribution in [0.4, 0.5) is 0 Å². The van der Waals surface area contributed by atoms with Crippen LogP contribution in [0.3, 0.4) is 0 Å². The Labute approximate surface area is 108 Å². The Morgan fingerprint density at radius 1 is 1.61 bits per heavy atom. The first-order valence-corrected chi connectivity index (χ1v) is 6.68. The molecule has 1 atom stereocenters. The van der Waals surface area contributed by atoms with Crippen molar-refractivity contribution in [3.63, 3.8) is 0 Å². The SMILES string of the molecule is NCCc1nc(C(=O)NC(C(=O)O)C2CC2)cs1. The molecule has 6 nitrogen and oxygen atoms in total. The van der Waals surface area contributed by atoms with E-state index in [0.717, 1.165) is 17.8 Å². The van der Waals surface area contributed by atoms with Gasteiger partial charge in [-0.3, -0.25) is 4.79 Å². The molecule has 0 saturated heterocycles. The highest BCUT2D eigenvalue weighted by atomic mass is 32.1. The first-order valence-electron chi connectivity index (χ1n) is 5.80. The number of aromatic nitrogens is 1. The van der Waals surface area contributed by atoms with E-state index < -0.39 is 17.9 Å². The van der Waals surface area contributed by atoms with E-state index in [1.165, 1.54) is 11.3 Å². The lowest BCUT2D eigenvalue weighted by Crippen LogP contribution is -2.42. The van der Waals surface area contributed by atoms with Crippen LogP contribution in [0.5, 0.6) is 0 Å². The molecule has 1 amide bonds. The Bertz CT molecular complexity index is 456. The van der Waals surface area contributed by atoms with Gasteiger partial charge in [-0.2, -0.15) is 0 Å². The lowest BCUT2D eigenvalue weighted by atomic mass is 10.2. The minimum absolute atomic E-state index is 0.0635. The summed E-state index contributed by atoms with van der Waals surface area (Å²) in [6, 6.07) is -0.794. The van der Waals surface area contributed by atoms with Crippen molar-refractivity contribution in [1.29, 1.82) is 0 Å². The van der Waals surface area contributed by atoms with Crippen LogP contribution in [0, 0.1) is 5.92 Å². The highest BCUT2D eigenvalue weighted by molar-refractivity contribution is 7.09. The van der Waals surface area contributed by atoms with Gasteiger partial charge in [0.2, 0.25) is 0 Å². The molecule has 0 bridgehead atoms. The van der Waals surface area contributed by atoms with Crippen LogP contribution < -0.4 is 11.1 Å². The molecule has 0 radical (unpaired) electrons. The Balaban J connectivity index is 1.99. The molecule has 18 heavy (non-hydrogen) atoms. The largest absolute Gasteiger partial charge is 0.480 e. The summed E-state index contributed by atoms with van der Waals surface area (Å²) in [5.41, 5.74) is 5.68. The minimum Gasteiger partial charge on any atom is -0.480 e. The van der Waals surface area contributed by atoms with E-state index in [9.17, 15) is 9.59 Å². The summed E-state index contributed by atoms with van der Waals surface area (Å²) in [5, 5.41) is 14.0. The average molecular weight is 269 g/mol. The number of carbonyl (C=O) groups excluding carboxylic acids is 1. The molecular formula is C11H15N3O3S. The van der Waals surface area contributed by atoms with Gasteiger partial charge < -0.3 is 16.2 Å². The summed E-state index contributed by atoms with van der Waals surface area (Å²) in [7, 11) is 0. The molecule has 1 fully saturated rings. The van der Waals surface area contributed by atoms with Crippen molar-refractivity contribution in [1.82, 2.24) is 10.3 Å². The highest BCUT2D eigenvalue weighted by Gasteiger charge is 2.37.